The third-order valence-corrected chi connectivity index (χ3v) is 2.28. The zero-order valence-electron chi connectivity index (χ0n) is 9.81. The minimum absolute atomic E-state index is 0.191. The Morgan fingerprint density at radius 2 is 1.86 bits per heavy atom. The highest BCUT2D eigenvalue weighted by atomic mass is 16.2. The van der Waals surface area contributed by atoms with Crippen LogP contribution in [0.15, 0.2) is 0 Å². The molecule has 1 N–H and O–H groups in total. The standard InChI is InChI=1S/C6H14.C5H10N2O/c1-3-5-6-4-2;1-7-3-2-6-4-5(7)8/h3-6H2,1-2H3;6H,2-4H2,1H3. The smallest absolute Gasteiger partial charge is 0.236 e. The van der Waals surface area contributed by atoms with Gasteiger partial charge in [-0.3, -0.25) is 4.79 Å². The molecule has 0 aliphatic carbocycles. The molecule has 0 spiro atoms. The largest absolute Gasteiger partial charge is 0.343 e. The van der Waals surface area contributed by atoms with E-state index in [1.54, 1.807) is 4.90 Å². The number of hydrogen-bond acceptors (Lipinski definition) is 2. The summed E-state index contributed by atoms with van der Waals surface area (Å²) in [6, 6.07) is 0. The topological polar surface area (TPSA) is 32.3 Å². The van der Waals surface area contributed by atoms with E-state index in [4.69, 9.17) is 0 Å². The molecule has 0 unspecified atom stereocenters. The first kappa shape index (κ1) is 13.4. The number of carbonyl (C=O) groups is 1. The van der Waals surface area contributed by atoms with E-state index in [1.807, 2.05) is 7.05 Å². The predicted octanol–water partition coefficient (Wildman–Crippen LogP) is 1.63. The second-order valence-corrected chi connectivity index (χ2v) is 3.70. The van der Waals surface area contributed by atoms with Gasteiger partial charge in [-0.2, -0.15) is 0 Å². The first-order valence-corrected chi connectivity index (χ1v) is 5.67. The SMILES string of the molecule is CCCCCC.CN1CCNCC1=O. The molecule has 1 aliphatic heterocycles. The average molecular weight is 200 g/mol. The van der Waals surface area contributed by atoms with Crippen LogP contribution in [0, 0.1) is 0 Å². The summed E-state index contributed by atoms with van der Waals surface area (Å²) in [4.78, 5) is 12.4. The maximum atomic E-state index is 10.7. The molecule has 1 amide bonds. The number of rotatable bonds is 3. The van der Waals surface area contributed by atoms with Gasteiger partial charge in [0.1, 0.15) is 0 Å². The van der Waals surface area contributed by atoms with Gasteiger partial charge in [0.15, 0.2) is 0 Å². The highest BCUT2D eigenvalue weighted by Crippen LogP contribution is 1.95. The maximum Gasteiger partial charge on any atom is 0.236 e. The van der Waals surface area contributed by atoms with E-state index in [-0.39, 0.29) is 5.91 Å². The van der Waals surface area contributed by atoms with Crippen molar-refractivity contribution in [3.8, 4) is 0 Å². The highest BCUT2D eigenvalue weighted by molar-refractivity contribution is 5.78. The summed E-state index contributed by atoms with van der Waals surface area (Å²) in [6.45, 7) is 6.75. The summed E-state index contributed by atoms with van der Waals surface area (Å²) in [5.41, 5.74) is 0. The molecule has 1 heterocycles. The lowest BCUT2D eigenvalue weighted by Crippen LogP contribution is -2.45. The molecule has 1 aliphatic rings. The first-order valence-electron chi connectivity index (χ1n) is 5.67. The lowest BCUT2D eigenvalue weighted by molar-refractivity contribution is -0.130. The minimum Gasteiger partial charge on any atom is -0.343 e. The van der Waals surface area contributed by atoms with Gasteiger partial charge in [-0.1, -0.05) is 39.5 Å². The molecule has 3 nitrogen and oxygen atoms in total. The number of unbranched alkanes of at least 4 members (excludes halogenated alkanes) is 3. The van der Waals surface area contributed by atoms with E-state index in [0.29, 0.717) is 6.54 Å². The molecule has 0 aromatic heterocycles. The molecule has 0 saturated carbocycles. The van der Waals surface area contributed by atoms with Crippen molar-refractivity contribution in [2.75, 3.05) is 26.7 Å². The van der Waals surface area contributed by atoms with Gasteiger partial charge in [0.25, 0.3) is 0 Å². The number of carbonyl (C=O) groups excluding carboxylic acids is 1. The van der Waals surface area contributed by atoms with E-state index in [2.05, 4.69) is 19.2 Å². The van der Waals surface area contributed by atoms with Crippen molar-refractivity contribution in [2.45, 2.75) is 39.5 Å². The van der Waals surface area contributed by atoms with E-state index >= 15 is 0 Å². The van der Waals surface area contributed by atoms with Crippen LogP contribution in [-0.2, 0) is 4.79 Å². The van der Waals surface area contributed by atoms with Crippen LogP contribution in [0.5, 0.6) is 0 Å². The molecular formula is C11H24N2O. The summed E-state index contributed by atoms with van der Waals surface area (Å²) < 4.78 is 0. The van der Waals surface area contributed by atoms with Crippen molar-refractivity contribution in [2.24, 2.45) is 0 Å². The Balaban J connectivity index is 0.000000255. The van der Waals surface area contributed by atoms with Crippen LogP contribution < -0.4 is 5.32 Å². The number of likely N-dealkylation sites (N-methyl/N-ethyl adjacent to an activating group) is 1. The second kappa shape index (κ2) is 9.00. The van der Waals surface area contributed by atoms with Gasteiger partial charge < -0.3 is 10.2 Å². The fourth-order valence-corrected chi connectivity index (χ4v) is 1.20. The summed E-state index contributed by atoms with van der Waals surface area (Å²) in [5, 5.41) is 2.97. The van der Waals surface area contributed by atoms with Gasteiger partial charge in [-0.05, 0) is 0 Å². The van der Waals surface area contributed by atoms with Gasteiger partial charge in [0, 0.05) is 20.1 Å². The van der Waals surface area contributed by atoms with Crippen molar-refractivity contribution in [3.63, 3.8) is 0 Å². The fraction of sp³-hybridized carbons (Fsp3) is 0.909. The van der Waals surface area contributed by atoms with E-state index in [9.17, 15) is 4.79 Å². The highest BCUT2D eigenvalue weighted by Gasteiger charge is 2.11. The van der Waals surface area contributed by atoms with Gasteiger partial charge in [-0.15, -0.1) is 0 Å². The molecular weight excluding hydrogens is 176 g/mol. The van der Waals surface area contributed by atoms with E-state index in [1.165, 1.54) is 25.7 Å². The lowest BCUT2D eigenvalue weighted by atomic mass is 10.2. The first-order chi connectivity index (χ1) is 6.72. The molecule has 0 atom stereocenters. The van der Waals surface area contributed by atoms with Crippen molar-refractivity contribution >= 4 is 5.91 Å². The minimum atomic E-state index is 0.191. The Morgan fingerprint density at radius 3 is 2.14 bits per heavy atom. The quantitative estimate of drug-likeness (QED) is 0.702. The third-order valence-electron chi connectivity index (χ3n) is 2.28. The van der Waals surface area contributed by atoms with Crippen molar-refractivity contribution in [1.29, 1.82) is 0 Å². The molecule has 0 bridgehead atoms. The summed E-state index contributed by atoms with van der Waals surface area (Å²) in [5.74, 6) is 0.191. The maximum absolute atomic E-state index is 10.7. The fourth-order valence-electron chi connectivity index (χ4n) is 1.20. The van der Waals surface area contributed by atoms with E-state index in [0.717, 1.165) is 13.1 Å². The van der Waals surface area contributed by atoms with Gasteiger partial charge in [-0.25, -0.2) is 0 Å². The number of piperazine rings is 1. The molecule has 0 aromatic carbocycles. The van der Waals surface area contributed by atoms with Crippen LogP contribution in [0.4, 0.5) is 0 Å². The van der Waals surface area contributed by atoms with E-state index < -0.39 is 0 Å². The number of hydrogen-bond donors (Lipinski definition) is 1. The molecule has 84 valence electrons. The predicted molar refractivity (Wildman–Crippen MR) is 60.3 cm³/mol. The van der Waals surface area contributed by atoms with Crippen LogP contribution >= 0.6 is 0 Å². The number of nitrogens with zero attached hydrogens (tertiary/aromatic N) is 1. The molecule has 3 heteroatoms. The van der Waals surface area contributed by atoms with Crippen molar-refractivity contribution in [1.82, 2.24) is 10.2 Å². The molecule has 0 aromatic rings. The van der Waals surface area contributed by atoms with Crippen molar-refractivity contribution in [3.05, 3.63) is 0 Å². The zero-order valence-corrected chi connectivity index (χ0v) is 9.81. The Hall–Kier alpha value is -0.570. The molecule has 0 radical (unpaired) electrons. The Kier molecular flexibility index (Phi) is 8.64. The van der Waals surface area contributed by atoms with Gasteiger partial charge in [0.2, 0.25) is 5.91 Å². The van der Waals surface area contributed by atoms with Gasteiger partial charge in [0.05, 0.1) is 6.54 Å². The Labute approximate surface area is 87.9 Å². The average Bonchev–Trinajstić information content (AvgIpc) is 2.20. The van der Waals surface area contributed by atoms with Crippen LogP contribution in [0.1, 0.15) is 39.5 Å². The van der Waals surface area contributed by atoms with Crippen LogP contribution in [0.3, 0.4) is 0 Å². The lowest BCUT2D eigenvalue weighted by Gasteiger charge is -2.22. The summed E-state index contributed by atoms with van der Waals surface area (Å²) in [7, 11) is 1.82. The Morgan fingerprint density at radius 1 is 1.29 bits per heavy atom. The monoisotopic (exact) mass is 200 g/mol. The van der Waals surface area contributed by atoms with Crippen molar-refractivity contribution < 1.29 is 4.79 Å². The number of amides is 1. The van der Waals surface area contributed by atoms with Crippen LogP contribution in [-0.4, -0.2) is 37.5 Å². The summed E-state index contributed by atoms with van der Waals surface area (Å²) in [6.07, 6.45) is 5.54. The van der Waals surface area contributed by atoms with Crippen LogP contribution in [0.2, 0.25) is 0 Å². The van der Waals surface area contributed by atoms with Gasteiger partial charge >= 0.3 is 0 Å². The third kappa shape index (κ3) is 6.89. The second-order valence-electron chi connectivity index (χ2n) is 3.70. The molecule has 14 heavy (non-hydrogen) atoms. The normalized spacial score (nSPS) is 16.2. The summed E-state index contributed by atoms with van der Waals surface area (Å²) >= 11 is 0. The number of nitrogens with one attached hydrogen (secondary N) is 1. The molecule has 1 fully saturated rings. The van der Waals surface area contributed by atoms with Crippen LogP contribution in [0.25, 0.3) is 0 Å². The molecule has 1 rings (SSSR count). The molecule has 1 saturated heterocycles. The Bertz CT molecular complexity index is 144. The zero-order chi connectivity index (χ0) is 10.8.